The number of carboxylic acid groups (broad SMARTS) is 1. The van der Waals surface area contributed by atoms with Gasteiger partial charge in [-0.2, -0.15) is 0 Å². The zero-order valence-electron chi connectivity index (χ0n) is 15.2. The number of aliphatic carboxylic acids is 1. The standard InChI is InChI=1S/C16H32N4O5/c1-9(2)8-11(18)14(22)19-12(6-4-5-7-17)15(23)20-13(10(3)21)16(24)25/h9-13,21H,4-8,17-18H2,1-3H3,(H,19,22)(H,20,23)(H,24,25)/t10-,11+,12+,13+/m1/s1. The van der Waals surface area contributed by atoms with Crippen LogP contribution in [0, 0.1) is 5.92 Å². The molecule has 0 aromatic rings. The zero-order chi connectivity index (χ0) is 19.6. The minimum atomic E-state index is -1.45. The van der Waals surface area contributed by atoms with E-state index in [0.717, 1.165) is 0 Å². The minimum Gasteiger partial charge on any atom is -0.480 e. The Balaban J connectivity index is 4.98. The lowest BCUT2D eigenvalue weighted by molar-refractivity contribution is -0.145. The topological polar surface area (TPSA) is 168 Å². The second kappa shape index (κ2) is 11.8. The third-order valence-electron chi connectivity index (χ3n) is 3.69. The van der Waals surface area contributed by atoms with E-state index in [4.69, 9.17) is 16.6 Å². The minimum absolute atomic E-state index is 0.219. The van der Waals surface area contributed by atoms with Crippen LogP contribution in [-0.2, 0) is 14.4 Å². The van der Waals surface area contributed by atoms with E-state index < -0.39 is 42.0 Å². The van der Waals surface area contributed by atoms with Crippen LogP contribution in [0.15, 0.2) is 0 Å². The Morgan fingerprint density at radius 2 is 1.64 bits per heavy atom. The van der Waals surface area contributed by atoms with Crippen molar-refractivity contribution < 1.29 is 24.6 Å². The first-order chi connectivity index (χ1) is 11.6. The predicted molar refractivity (Wildman–Crippen MR) is 93.5 cm³/mol. The van der Waals surface area contributed by atoms with E-state index in [1.54, 1.807) is 0 Å². The molecule has 146 valence electrons. The molecular formula is C16H32N4O5. The molecule has 0 saturated carbocycles. The largest absolute Gasteiger partial charge is 0.480 e. The summed E-state index contributed by atoms with van der Waals surface area (Å²) < 4.78 is 0. The molecule has 0 aliphatic rings. The quantitative estimate of drug-likeness (QED) is 0.241. The van der Waals surface area contributed by atoms with Crippen molar-refractivity contribution in [1.29, 1.82) is 0 Å². The number of carbonyl (C=O) groups is 3. The Hall–Kier alpha value is -1.71. The van der Waals surface area contributed by atoms with Gasteiger partial charge in [0, 0.05) is 0 Å². The summed E-state index contributed by atoms with van der Waals surface area (Å²) >= 11 is 0. The molecule has 0 heterocycles. The molecule has 0 bridgehead atoms. The van der Waals surface area contributed by atoms with Crippen LogP contribution in [0.5, 0.6) is 0 Å². The molecule has 0 aromatic carbocycles. The molecule has 4 atom stereocenters. The number of amides is 2. The lowest BCUT2D eigenvalue weighted by atomic mass is 10.0. The smallest absolute Gasteiger partial charge is 0.328 e. The SMILES string of the molecule is CC(C)C[C@H](N)C(=O)N[C@@H](CCCCN)C(=O)N[C@H](C(=O)O)[C@@H](C)O. The highest BCUT2D eigenvalue weighted by Gasteiger charge is 2.30. The van der Waals surface area contributed by atoms with Gasteiger partial charge >= 0.3 is 5.97 Å². The number of carboxylic acids is 1. The summed E-state index contributed by atoms with van der Waals surface area (Å²) in [5.74, 6) is -2.27. The van der Waals surface area contributed by atoms with Crippen LogP contribution in [0.4, 0.5) is 0 Å². The maximum Gasteiger partial charge on any atom is 0.328 e. The molecule has 2 amide bonds. The van der Waals surface area contributed by atoms with Gasteiger partial charge in [-0.1, -0.05) is 13.8 Å². The average Bonchev–Trinajstić information content (AvgIpc) is 2.49. The first kappa shape index (κ1) is 23.3. The van der Waals surface area contributed by atoms with Gasteiger partial charge in [0.05, 0.1) is 12.1 Å². The van der Waals surface area contributed by atoms with Crippen molar-refractivity contribution in [3.8, 4) is 0 Å². The number of hydrogen-bond donors (Lipinski definition) is 6. The number of aliphatic hydroxyl groups is 1. The van der Waals surface area contributed by atoms with Crippen molar-refractivity contribution in [3.63, 3.8) is 0 Å². The number of unbranched alkanes of at least 4 members (excludes halogenated alkanes) is 1. The summed E-state index contributed by atoms with van der Waals surface area (Å²) in [6.45, 7) is 5.57. The Morgan fingerprint density at radius 1 is 1.04 bits per heavy atom. The van der Waals surface area contributed by atoms with Crippen molar-refractivity contribution >= 4 is 17.8 Å². The van der Waals surface area contributed by atoms with Crippen LogP contribution in [-0.4, -0.2) is 58.8 Å². The molecule has 0 radical (unpaired) electrons. The molecule has 0 aliphatic heterocycles. The fourth-order valence-electron chi connectivity index (χ4n) is 2.30. The molecule has 0 unspecified atom stereocenters. The summed E-state index contributed by atoms with van der Waals surface area (Å²) in [5, 5.41) is 23.4. The van der Waals surface area contributed by atoms with Gasteiger partial charge in [-0.25, -0.2) is 4.79 Å². The lowest BCUT2D eigenvalue weighted by Crippen LogP contribution is -2.56. The second-order valence-corrected chi connectivity index (χ2v) is 6.65. The van der Waals surface area contributed by atoms with E-state index >= 15 is 0 Å². The second-order valence-electron chi connectivity index (χ2n) is 6.65. The summed E-state index contributed by atoms with van der Waals surface area (Å²) in [5.41, 5.74) is 11.3. The van der Waals surface area contributed by atoms with Crippen molar-refractivity contribution in [1.82, 2.24) is 10.6 Å². The van der Waals surface area contributed by atoms with E-state index in [1.165, 1.54) is 6.92 Å². The summed E-state index contributed by atoms with van der Waals surface area (Å²) in [4.78, 5) is 35.7. The van der Waals surface area contributed by atoms with Crippen molar-refractivity contribution in [2.45, 2.75) is 70.7 Å². The normalized spacial score (nSPS) is 16.0. The van der Waals surface area contributed by atoms with Crippen molar-refractivity contribution in [2.75, 3.05) is 6.54 Å². The highest BCUT2D eigenvalue weighted by Crippen LogP contribution is 2.06. The van der Waals surface area contributed by atoms with Gasteiger partial charge in [-0.15, -0.1) is 0 Å². The number of carbonyl (C=O) groups excluding carboxylic acids is 2. The molecular weight excluding hydrogens is 328 g/mol. The monoisotopic (exact) mass is 360 g/mol. The van der Waals surface area contributed by atoms with Crippen LogP contribution in [0.1, 0.15) is 46.5 Å². The van der Waals surface area contributed by atoms with E-state index in [9.17, 15) is 19.5 Å². The van der Waals surface area contributed by atoms with Crippen molar-refractivity contribution in [2.24, 2.45) is 17.4 Å². The van der Waals surface area contributed by atoms with Crippen molar-refractivity contribution in [3.05, 3.63) is 0 Å². The van der Waals surface area contributed by atoms with Gasteiger partial charge in [0.1, 0.15) is 6.04 Å². The number of nitrogens with two attached hydrogens (primary N) is 2. The highest BCUT2D eigenvalue weighted by atomic mass is 16.4. The maximum absolute atomic E-state index is 12.4. The number of rotatable bonds is 12. The number of hydrogen-bond acceptors (Lipinski definition) is 6. The molecule has 0 aromatic heterocycles. The van der Waals surface area contributed by atoms with Gasteiger partial charge in [-0.3, -0.25) is 9.59 Å². The fraction of sp³-hybridized carbons (Fsp3) is 0.812. The Bertz CT molecular complexity index is 442. The first-order valence-corrected chi connectivity index (χ1v) is 8.57. The van der Waals surface area contributed by atoms with Gasteiger partial charge < -0.3 is 32.3 Å². The Labute approximate surface area is 148 Å². The molecule has 0 rings (SSSR count). The van der Waals surface area contributed by atoms with Crippen LogP contribution in [0.25, 0.3) is 0 Å². The molecule has 0 fully saturated rings. The molecule has 9 nitrogen and oxygen atoms in total. The fourth-order valence-corrected chi connectivity index (χ4v) is 2.30. The van der Waals surface area contributed by atoms with Crippen LogP contribution in [0.2, 0.25) is 0 Å². The Morgan fingerprint density at radius 3 is 2.08 bits per heavy atom. The number of nitrogens with one attached hydrogen (secondary N) is 2. The third kappa shape index (κ3) is 9.37. The molecule has 9 heteroatoms. The zero-order valence-corrected chi connectivity index (χ0v) is 15.2. The summed E-state index contributed by atoms with van der Waals surface area (Å²) in [6.07, 6.45) is 0.742. The predicted octanol–water partition coefficient (Wildman–Crippen LogP) is -1.08. The van der Waals surface area contributed by atoms with E-state index in [0.29, 0.717) is 32.2 Å². The molecule has 0 spiro atoms. The van der Waals surface area contributed by atoms with Gasteiger partial charge in [-0.05, 0) is 45.1 Å². The van der Waals surface area contributed by atoms with Crippen LogP contribution >= 0.6 is 0 Å². The third-order valence-corrected chi connectivity index (χ3v) is 3.69. The summed E-state index contributed by atoms with van der Waals surface area (Å²) in [6, 6.07) is -3.14. The maximum atomic E-state index is 12.4. The number of aliphatic hydroxyl groups excluding tert-OH is 1. The van der Waals surface area contributed by atoms with Gasteiger partial charge in [0.2, 0.25) is 11.8 Å². The van der Waals surface area contributed by atoms with E-state index in [2.05, 4.69) is 10.6 Å². The average molecular weight is 360 g/mol. The molecule has 8 N–H and O–H groups in total. The lowest BCUT2D eigenvalue weighted by Gasteiger charge is -2.24. The summed E-state index contributed by atoms with van der Waals surface area (Å²) in [7, 11) is 0. The van der Waals surface area contributed by atoms with E-state index in [1.807, 2.05) is 13.8 Å². The van der Waals surface area contributed by atoms with E-state index in [-0.39, 0.29) is 5.92 Å². The highest BCUT2D eigenvalue weighted by molar-refractivity contribution is 5.91. The van der Waals surface area contributed by atoms with Crippen LogP contribution in [0.3, 0.4) is 0 Å². The molecule has 0 saturated heterocycles. The molecule has 0 aliphatic carbocycles. The Kier molecular flexibility index (Phi) is 11.0. The van der Waals surface area contributed by atoms with Gasteiger partial charge in [0.15, 0.2) is 6.04 Å². The first-order valence-electron chi connectivity index (χ1n) is 8.57. The van der Waals surface area contributed by atoms with Gasteiger partial charge in [0.25, 0.3) is 0 Å². The van der Waals surface area contributed by atoms with Crippen LogP contribution < -0.4 is 22.1 Å². The molecule has 25 heavy (non-hydrogen) atoms.